The zero-order chi connectivity index (χ0) is 21.1. The van der Waals surface area contributed by atoms with Crippen molar-refractivity contribution in [2.24, 2.45) is 0 Å². The van der Waals surface area contributed by atoms with Crippen LogP contribution in [0.1, 0.15) is 20.8 Å². The number of rotatable bonds is 6. The highest BCUT2D eigenvalue weighted by Crippen LogP contribution is 2.23. The van der Waals surface area contributed by atoms with E-state index in [0.29, 0.717) is 35.4 Å². The quantitative estimate of drug-likeness (QED) is 0.468. The highest BCUT2D eigenvalue weighted by atomic mass is 32.1. The number of aromatic nitrogens is 2. The fourth-order valence-corrected chi connectivity index (χ4v) is 3.98. The lowest BCUT2D eigenvalue weighted by molar-refractivity contribution is 0.0731. The predicted molar refractivity (Wildman–Crippen MR) is 116 cm³/mol. The summed E-state index contributed by atoms with van der Waals surface area (Å²) in [7, 11) is 1.60. The number of nitrogens with one attached hydrogen (secondary N) is 2. The summed E-state index contributed by atoms with van der Waals surface area (Å²) in [5.74, 6) is 0.519. The highest BCUT2D eigenvalue weighted by Gasteiger charge is 2.19. The van der Waals surface area contributed by atoms with E-state index in [4.69, 9.17) is 4.74 Å². The first kappa shape index (κ1) is 19.7. The van der Waals surface area contributed by atoms with E-state index in [0.717, 1.165) is 10.4 Å². The number of methoxy groups -OCH3 is 1. The van der Waals surface area contributed by atoms with Gasteiger partial charge in [-0.3, -0.25) is 14.4 Å². The van der Waals surface area contributed by atoms with Crippen LogP contribution < -0.4 is 15.9 Å². The van der Waals surface area contributed by atoms with Crippen LogP contribution in [0.4, 0.5) is 0 Å². The second-order valence-corrected chi connectivity index (χ2v) is 7.75. The molecule has 0 bridgehead atoms. The Bertz CT molecular complexity index is 1310. The van der Waals surface area contributed by atoms with Gasteiger partial charge in [0, 0.05) is 16.0 Å². The van der Waals surface area contributed by atoms with E-state index in [9.17, 15) is 14.4 Å². The van der Waals surface area contributed by atoms with Gasteiger partial charge in [-0.15, -0.1) is 11.3 Å². The van der Waals surface area contributed by atoms with E-state index in [-0.39, 0.29) is 5.91 Å². The maximum atomic E-state index is 13.4. The molecule has 0 fully saturated rings. The zero-order valence-corrected chi connectivity index (χ0v) is 17.0. The van der Waals surface area contributed by atoms with Gasteiger partial charge < -0.3 is 19.6 Å². The molecule has 4 aromatic rings. The number of nitrogens with zero attached hydrogens (tertiary/aromatic N) is 1. The molecule has 0 aliphatic heterocycles. The zero-order valence-electron chi connectivity index (χ0n) is 16.2. The molecule has 0 unspecified atom stereocenters. The molecule has 30 heavy (non-hydrogen) atoms. The number of thiophene rings is 1. The summed E-state index contributed by atoms with van der Waals surface area (Å²) in [5, 5.41) is 1.97. The summed E-state index contributed by atoms with van der Waals surface area (Å²) < 4.78 is 5.44. The molecule has 1 amide bonds. The Balaban J connectivity index is 1.71. The first-order valence-electron chi connectivity index (χ1n) is 9.25. The van der Waals surface area contributed by atoms with Crippen LogP contribution >= 0.6 is 11.3 Å². The van der Waals surface area contributed by atoms with E-state index in [1.807, 2.05) is 41.8 Å². The average Bonchev–Trinajstić information content (AvgIpc) is 3.27. The second kappa shape index (κ2) is 8.38. The number of ether oxygens (including phenoxy) is 1. The van der Waals surface area contributed by atoms with Gasteiger partial charge in [0.2, 0.25) is 0 Å². The van der Waals surface area contributed by atoms with Crippen molar-refractivity contribution >= 4 is 28.3 Å². The molecule has 7 nitrogen and oxygen atoms in total. The minimum absolute atomic E-state index is 0.191. The number of para-hydroxylation sites is 1. The smallest absolute Gasteiger partial charge is 0.314 e. The lowest BCUT2D eigenvalue weighted by Gasteiger charge is -2.23. The standard InChI is InChI=1S/C22H19N3O4S/c1-29-19-7-3-2-5-15(19)12-25(13-16-6-4-10-30-16)22(28)14-8-9-17-18(11-14)24-21(27)20(26)23-17/h2-11H,12-13H2,1H3,(H,23,26)(H,24,27). The third kappa shape index (κ3) is 4.04. The van der Waals surface area contributed by atoms with Crippen LogP contribution in [-0.2, 0) is 13.1 Å². The van der Waals surface area contributed by atoms with Crippen LogP contribution in [0.25, 0.3) is 11.0 Å². The molecule has 4 rings (SSSR count). The summed E-state index contributed by atoms with van der Waals surface area (Å²) in [4.78, 5) is 44.4. The Hall–Kier alpha value is -3.65. The van der Waals surface area contributed by atoms with E-state index in [1.165, 1.54) is 0 Å². The Labute approximate surface area is 175 Å². The van der Waals surface area contributed by atoms with Gasteiger partial charge in [-0.2, -0.15) is 0 Å². The fraction of sp³-hybridized carbons (Fsp3) is 0.136. The number of carbonyl (C=O) groups excluding carboxylic acids is 1. The fourth-order valence-electron chi connectivity index (χ4n) is 3.26. The first-order chi connectivity index (χ1) is 14.5. The molecule has 0 aliphatic carbocycles. The molecule has 8 heteroatoms. The Kier molecular flexibility index (Phi) is 5.49. The molecule has 0 saturated carbocycles. The van der Waals surface area contributed by atoms with Crippen LogP contribution in [0.5, 0.6) is 5.75 Å². The highest BCUT2D eigenvalue weighted by molar-refractivity contribution is 7.09. The number of amides is 1. The van der Waals surface area contributed by atoms with Crippen molar-refractivity contribution in [1.82, 2.24) is 14.9 Å². The van der Waals surface area contributed by atoms with Crippen molar-refractivity contribution in [3.63, 3.8) is 0 Å². The normalized spacial score (nSPS) is 10.8. The lowest BCUT2D eigenvalue weighted by Crippen LogP contribution is -2.31. The Morgan fingerprint density at radius 3 is 2.47 bits per heavy atom. The maximum absolute atomic E-state index is 13.4. The van der Waals surface area contributed by atoms with Gasteiger partial charge in [0.25, 0.3) is 5.91 Å². The molecule has 0 saturated heterocycles. The maximum Gasteiger partial charge on any atom is 0.314 e. The number of H-pyrrole nitrogens is 2. The molecule has 0 spiro atoms. The molecular formula is C22H19N3O4S. The van der Waals surface area contributed by atoms with Crippen LogP contribution in [0, 0.1) is 0 Å². The summed E-state index contributed by atoms with van der Waals surface area (Å²) >= 11 is 1.58. The number of aromatic amines is 2. The Morgan fingerprint density at radius 2 is 1.73 bits per heavy atom. The van der Waals surface area contributed by atoms with Gasteiger partial charge >= 0.3 is 11.1 Å². The van der Waals surface area contributed by atoms with Gasteiger partial charge in [-0.25, -0.2) is 0 Å². The molecule has 152 valence electrons. The van der Waals surface area contributed by atoms with Gasteiger partial charge in [0.05, 0.1) is 31.2 Å². The second-order valence-electron chi connectivity index (χ2n) is 6.72. The van der Waals surface area contributed by atoms with Gasteiger partial charge in [0.1, 0.15) is 5.75 Å². The van der Waals surface area contributed by atoms with Crippen molar-refractivity contribution in [2.75, 3.05) is 7.11 Å². The number of fused-ring (bicyclic) bond motifs is 1. The third-order valence-corrected chi connectivity index (χ3v) is 5.60. The monoisotopic (exact) mass is 421 g/mol. The van der Waals surface area contributed by atoms with Crippen LogP contribution in [0.3, 0.4) is 0 Å². The van der Waals surface area contributed by atoms with Crippen molar-refractivity contribution in [2.45, 2.75) is 13.1 Å². The van der Waals surface area contributed by atoms with Crippen LogP contribution in [0.15, 0.2) is 69.6 Å². The minimum Gasteiger partial charge on any atom is -0.496 e. The molecule has 0 radical (unpaired) electrons. The number of benzene rings is 2. The summed E-state index contributed by atoms with van der Waals surface area (Å²) in [6.07, 6.45) is 0. The minimum atomic E-state index is -0.753. The largest absolute Gasteiger partial charge is 0.496 e. The average molecular weight is 421 g/mol. The van der Waals surface area contributed by atoms with Gasteiger partial charge in [0.15, 0.2) is 0 Å². The van der Waals surface area contributed by atoms with Crippen molar-refractivity contribution < 1.29 is 9.53 Å². The van der Waals surface area contributed by atoms with E-state index in [1.54, 1.807) is 41.5 Å². The van der Waals surface area contributed by atoms with Crippen LogP contribution in [0.2, 0.25) is 0 Å². The third-order valence-electron chi connectivity index (χ3n) is 4.74. The molecule has 2 aromatic carbocycles. The van der Waals surface area contributed by atoms with E-state index >= 15 is 0 Å². The molecule has 2 heterocycles. The van der Waals surface area contributed by atoms with Crippen molar-refractivity contribution in [3.8, 4) is 5.75 Å². The summed E-state index contributed by atoms with van der Waals surface area (Å²) in [5.41, 5.74) is 0.693. The molecule has 2 N–H and O–H groups in total. The summed E-state index contributed by atoms with van der Waals surface area (Å²) in [6.45, 7) is 0.801. The van der Waals surface area contributed by atoms with E-state index in [2.05, 4.69) is 9.97 Å². The number of hydrogen-bond donors (Lipinski definition) is 2. The number of carbonyl (C=O) groups is 1. The lowest BCUT2D eigenvalue weighted by atomic mass is 10.1. The van der Waals surface area contributed by atoms with Crippen LogP contribution in [-0.4, -0.2) is 27.9 Å². The van der Waals surface area contributed by atoms with E-state index < -0.39 is 11.1 Å². The van der Waals surface area contributed by atoms with Gasteiger partial charge in [-0.05, 0) is 35.7 Å². The Morgan fingerprint density at radius 1 is 0.967 bits per heavy atom. The summed E-state index contributed by atoms with van der Waals surface area (Å²) in [6, 6.07) is 16.3. The SMILES string of the molecule is COc1ccccc1CN(Cc1cccs1)C(=O)c1ccc2[nH]c(=O)c(=O)[nH]c2c1. The van der Waals surface area contributed by atoms with Crippen molar-refractivity contribution in [3.05, 3.63) is 96.7 Å². The molecule has 2 aromatic heterocycles. The van der Waals surface area contributed by atoms with Gasteiger partial charge in [-0.1, -0.05) is 24.3 Å². The molecular weight excluding hydrogens is 402 g/mol. The number of hydrogen-bond acceptors (Lipinski definition) is 5. The predicted octanol–water partition coefficient (Wildman–Crippen LogP) is 3.13. The van der Waals surface area contributed by atoms with Crippen molar-refractivity contribution in [1.29, 1.82) is 0 Å². The molecule has 0 aliphatic rings. The molecule has 0 atom stereocenters. The topological polar surface area (TPSA) is 95.3 Å². The first-order valence-corrected chi connectivity index (χ1v) is 10.1.